The third-order valence-corrected chi connectivity index (χ3v) is 3.34. The van der Waals surface area contributed by atoms with E-state index >= 15 is 0 Å². The summed E-state index contributed by atoms with van der Waals surface area (Å²) in [5.74, 6) is 0.525. The van der Waals surface area contributed by atoms with Gasteiger partial charge in [0.1, 0.15) is 12.0 Å². The second kappa shape index (κ2) is 7.73. The van der Waals surface area contributed by atoms with Crippen molar-refractivity contribution >= 4 is 28.9 Å². The zero-order valence-electron chi connectivity index (χ0n) is 13.3. The number of carbonyl (C=O) groups excluding carboxylic acids is 1. The number of amides is 1. The molecule has 8 nitrogen and oxygen atoms in total. The van der Waals surface area contributed by atoms with Crippen LogP contribution >= 0.6 is 0 Å². The maximum atomic E-state index is 12.0. The van der Waals surface area contributed by atoms with Crippen molar-refractivity contribution in [3.05, 3.63) is 66.7 Å². The van der Waals surface area contributed by atoms with E-state index < -0.39 is 0 Å². The first-order valence-corrected chi connectivity index (χ1v) is 7.58. The molecule has 2 heterocycles. The Labute approximate surface area is 144 Å². The summed E-state index contributed by atoms with van der Waals surface area (Å²) in [6.07, 6.45) is 4.92. The van der Waals surface area contributed by atoms with Crippen LogP contribution < -0.4 is 21.9 Å². The average Bonchev–Trinajstić information content (AvgIpc) is 2.64. The van der Waals surface area contributed by atoms with Crippen LogP contribution in [0.1, 0.15) is 5.56 Å². The molecule has 0 saturated heterocycles. The quantitative estimate of drug-likeness (QED) is 0.508. The maximum Gasteiger partial charge on any atom is 0.242 e. The number of nitrogens with two attached hydrogens (primary N) is 1. The number of nitrogens with zero attached hydrogens (tertiary/aromatic N) is 3. The van der Waals surface area contributed by atoms with Crippen molar-refractivity contribution in [1.29, 1.82) is 0 Å². The molecule has 8 heteroatoms. The fourth-order valence-electron chi connectivity index (χ4n) is 2.12. The Morgan fingerprint density at radius 1 is 1.04 bits per heavy atom. The molecule has 2 aromatic heterocycles. The van der Waals surface area contributed by atoms with E-state index in [0.717, 1.165) is 11.3 Å². The van der Waals surface area contributed by atoms with Gasteiger partial charge in [-0.1, -0.05) is 30.3 Å². The minimum atomic E-state index is -0.203. The molecule has 0 atom stereocenters. The molecule has 126 valence electrons. The SMILES string of the molecule is Nc1c(NNC(=O)Cc2ccccc2)ncnc1Nc1cccnc1. The van der Waals surface area contributed by atoms with Gasteiger partial charge in [0.05, 0.1) is 18.3 Å². The van der Waals surface area contributed by atoms with Crippen molar-refractivity contribution in [3.8, 4) is 0 Å². The van der Waals surface area contributed by atoms with E-state index in [2.05, 4.69) is 31.1 Å². The van der Waals surface area contributed by atoms with Gasteiger partial charge in [-0.05, 0) is 17.7 Å². The molecule has 0 aliphatic rings. The van der Waals surface area contributed by atoms with E-state index in [-0.39, 0.29) is 18.0 Å². The van der Waals surface area contributed by atoms with Crippen molar-refractivity contribution in [2.75, 3.05) is 16.5 Å². The van der Waals surface area contributed by atoms with Crippen LogP contribution in [0.2, 0.25) is 0 Å². The van der Waals surface area contributed by atoms with Crippen molar-refractivity contribution in [1.82, 2.24) is 20.4 Å². The summed E-state index contributed by atoms with van der Waals surface area (Å²) in [5, 5.41) is 3.05. The number of benzene rings is 1. The van der Waals surface area contributed by atoms with E-state index in [0.29, 0.717) is 11.6 Å². The summed E-state index contributed by atoms with van der Waals surface area (Å²) < 4.78 is 0. The van der Waals surface area contributed by atoms with E-state index in [9.17, 15) is 4.79 Å². The summed E-state index contributed by atoms with van der Waals surface area (Å²) in [7, 11) is 0. The lowest BCUT2D eigenvalue weighted by atomic mass is 10.1. The highest BCUT2D eigenvalue weighted by atomic mass is 16.2. The first-order valence-electron chi connectivity index (χ1n) is 7.58. The van der Waals surface area contributed by atoms with Crippen LogP contribution in [-0.4, -0.2) is 20.9 Å². The number of anilines is 4. The van der Waals surface area contributed by atoms with Gasteiger partial charge in [-0.15, -0.1) is 0 Å². The topological polar surface area (TPSA) is 118 Å². The molecule has 0 fully saturated rings. The molecule has 0 aliphatic carbocycles. The van der Waals surface area contributed by atoms with Gasteiger partial charge in [0.25, 0.3) is 0 Å². The van der Waals surface area contributed by atoms with Crippen LogP contribution in [0.3, 0.4) is 0 Å². The smallest absolute Gasteiger partial charge is 0.242 e. The largest absolute Gasteiger partial charge is 0.393 e. The fourth-order valence-corrected chi connectivity index (χ4v) is 2.12. The molecular weight excluding hydrogens is 318 g/mol. The number of nitrogens with one attached hydrogen (secondary N) is 3. The molecule has 0 unspecified atom stereocenters. The van der Waals surface area contributed by atoms with Gasteiger partial charge in [-0.25, -0.2) is 9.97 Å². The Balaban J connectivity index is 1.63. The molecule has 1 amide bonds. The maximum absolute atomic E-state index is 12.0. The van der Waals surface area contributed by atoms with Crippen LogP contribution in [0.4, 0.5) is 23.0 Å². The predicted octanol–water partition coefficient (Wildman–Crippen LogP) is 1.88. The van der Waals surface area contributed by atoms with E-state index in [1.807, 2.05) is 36.4 Å². The summed E-state index contributed by atoms with van der Waals surface area (Å²) in [6.45, 7) is 0. The fraction of sp³-hybridized carbons (Fsp3) is 0.0588. The number of aromatic nitrogens is 3. The molecule has 1 aromatic carbocycles. The van der Waals surface area contributed by atoms with Crippen LogP contribution in [0.25, 0.3) is 0 Å². The number of pyridine rings is 1. The zero-order chi connectivity index (χ0) is 17.5. The van der Waals surface area contributed by atoms with Crippen LogP contribution in [0.15, 0.2) is 61.2 Å². The lowest BCUT2D eigenvalue weighted by Crippen LogP contribution is -2.31. The number of rotatable bonds is 6. The molecule has 0 saturated carbocycles. The second-order valence-electron chi connectivity index (χ2n) is 5.19. The lowest BCUT2D eigenvalue weighted by Gasteiger charge is -2.13. The molecule has 0 bridgehead atoms. The summed E-state index contributed by atoms with van der Waals surface area (Å²) in [5.41, 5.74) is 13.3. The number of hydrazine groups is 1. The molecule has 3 rings (SSSR count). The highest BCUT2D eigenvalue weighted by Gasteiger charge is 2.10. The van der Waals surface area contributed by atoms with E-state index in [4.69, 9.17) is 5.73 Å². The van der Waals surface area contributed by atoms with Crippen LogP contribution in [0, 0.1) is 0 Å². The monoisotopic (exact) mass is 335 g/mol. The Morgan fingerprint density at radius 2 is 1.84 bits per heavy atom. The molecular formula is C17H17N7O. The van der Waals surface area contributed by atoms with Gasteiger partial charge < -0.3 is 11.1 Å². The summed E-state index contributed by atoms with van der Waals surface area (Å²) in [4.78, 5) is 24.1. The second-order valence-corrected chi connectivity index (χ2v) is 5.19. The molecule has 5 N–H and O–H groups in total. The number of hydrogen-bond acceptors (Lipinski definition) is 7. The third-order valence-electron chi connectivity index (χ3n) is 3.34. The third kappa shape index (κ3) is 4.41. The molecule has 0 spiro atoms. The summed E-state index contributed by atoms with van der Waals surface area (Å²) in [6, 6.07) is 13.1. The van der Waals surface area contributed by atoms with Crippen molar-refractivity contribution in [2.24, 2.45) is 0 Å². The first-order chi connectivity index (χ1) is 12.2. The van der Waals surface area contributed by atoms with E-state index in [1.54, 1.807) is 18.5 Å². The van der Waals surface area contributed by atoms with Crippen molar-refractivity contribution in [3.63, 3.8) is 0 Å². The van der Waals surface area contributed by atoms with Crippen LogP contribution in [-0.2, 0) is 11.2 Å². The minimum absolute atomic E-state index is 0.203. The Morgan fingerprint density at radius 3 is 2.60 bits per heavy atom. The Hall–Kier alpha value is -3.68. The normalized spacial score (nSPS) is 10.1. The van der Waals surface area contributed by atoms with Crippen molar-refractivity contribution < 1.29 is 4.79 Å². The highest BCUT2D eigenvalue weighted by molar-refractivity contribution is 5.82. The van der Waals surface area contributed by atoms with Gasteiger partial charge in [0, 0.05) is 6.20 Å². The van der Waals surface area contributed by atoms with Gasteiger partial charge >= 0.3 is 0 Å². The van der Waals surface area contributed by atoms with Gasteiger partial charge in [0.15, 0.2) is 11.6 Å². The number of carbonyl (C=O) groups is 1. The number of hydrogen-bond donors (Lipinski definition) is 4. The molecule has 25 heavy (non-hydrogen) atoms. The average molecular weight is 335 g/mol. The zero-order valence-corrected chi connectivity index (χ0v) is 13.3. The Kier molecular flexibility index (Phi) is 5.01. The molecule has 0 aliphatic heterocycles. The molecule has 3 aromatic rings. The van der Waals surface area contributed by atoms with Gasteiger partial charge in [-0.3, -0.25) is 20.6 Å². The van der Waals surface area contributed by atoms with Crippen LogP contribution in [0.5, 0.6) is 0 Å². The Bertz CT molecular complexity index is 840. The predicted molar refractivity (Wildman–Crippen MR) is 95.9 cm³/mol. The number of nitrogen functional groups attached to an aromatic ring is 1. The highest BCUT2D eigenvalue weighted by Crippen LogP contribution is 2.24. The minimum Gasteiger partial charge on any atom is -0.393 e. The first kappa shape index (κ1) is 16.2. The van der Waals surface area contributed by atoms with Crippen molar-refractivity contribution in [2.45, 2.75) is 6.42 Å². The van der Waals surface area contributed by atoms with Gasteiger partial charge in [0.2, 0.25) is 5.91 Å². The standard InChI is InChI=1S/C17H17N7O/c18-15-16(22-13-7-4-8-19-10-13)20-11-21-17(15)24-23-14(25)9-12-5-2-1-3-6-12/h1-8,10-11H,9,18H2,(H,23,25)(H2,20,21,22,24). The molecule has 0 radical (unpaired) electrons. The summed E-state index contributed by atoms with van der Waals surface area (Å²) >= 11 is 0. The van der Waals surface area contributed by atoms with E-state index in [1.165, 1.54) is 6.33 Å². The lowest BCUT2D eigenvalue weighted by molar-refractivity contribution is -0.119. The van der Waals surface area contributed by atoms with Gasteiger partial charge in [-0.2, -0.15) is 0 Å².